The molecule has 100 valence electrons. The molecule has 1 aromatic rings. The summed E-state index contributed by atoms with van der Waals surface area (Å²) in [6, 6.07) is 0. The molecular weight excluding hydrogens is 290 g/mol. The SMILES string of the molecule is CCSc1nnc(NC(=O)C(CC)SC(C)=O)s1. The van der Waals surface area contributed by atoms with Crippen molar-refractivity contribution in [2.75, 3.05) is 11.1 Å². The lowest BCUT2D eigenvalue weighted by molar-refractivity contribution is -0.116. The first-order chi connectivity index (χ1) is 8.56. The van der Waals surface area contributed by atoms with Gasteiger partial charge in [-0.15, -0.1) is 10.2 Å². The molecule has 0 saturated carbocycles. The Kier molecular flexibility index (Phi) is 6.66. The summed E-state index contributed by atoms with van der Waals surface area (Å²) in [5, 5.41) is 10.6. The number of anilines is 1. The first-order valence-corrected chi connectivity index (χ1v) is 8.19. The predicted octanol–water partition coefficient (Wildman–Crippen LogP) is 2.65. The fraction of sp³-hybridized carbons (Fsp3) is 0.600. The minimum Gasteiger partial charge on any atom is -0.300 e. The van der Waals surface area contributed by atoms with E-state index in [1.165, 1.54) is 18.3 Å². The molecule has 0 radical (unpaired) electrons. The molecule has 0 aromatic carbocycles. The highest BCUT2D eigenvalue weighted by Gasteiger charge is 2.20. The Bertz CT molecular complexity index is 422. The van der Waals surface area contributed by atoms with Gasteiger partial charge in [-0.05, 0) is 12.2 Å². The molecule has 1 N–H and O–H groups in total. The van der Waals surface area contributed by atoms with E-state index in [4.69, 9.17) is 0 Å². The van der Waals surface area contributed by atoms with Crippen LogP contribution in [0, 0.1) is 0 Å². The Hall–Kier alpha value is -0.600. The highest BCUT2D eigenvalue weighted by molar-refractivity contribution is 8.14. The van der Waals surface area contributed by atoms with Gasteiger partial charge in [0, 0.05) is 6.92 Å². The van der Waals surface area contributed by atoms with Gasteiger partial charge in [0.25, 0.3) is 0 Å². The number of carbonyl (C=O) groups is 2. The van der Waals surface area contributed by atoms with Crippen molar-refractivity contribution < 1.29 is 9.59 Å². The lowest BCUT2D eigenvalue weighted by Crippen LogP contribution is -2.25. The number of thioether (sulfide) groups is 2. The van der Waals surface area contributed by atoms with Gasteiger partial charge in [-0.2, -0.15) is 0 Å². The number of rotatable bonds is 6. The third-order valence-corrected chi connectivity index (χ3v) is 4.89. The number of aromatic nitrogens is 2. The van der Waals surface area contributed by atoms with Crippen molar-refractivity contribution in [3.05, 3.63) is 0 Å². The topological polar surface area (TPSA) is 72.0 Å². The molecule has 1 atom stereocenters. The van der Waals surface area contributed by atoms with Crippen LogP contribution in [-0.2, 0) is 9.59 Å². The summed E-state index contributed by atoms with van der Waals surface area (Å²) in [6.45, 7) is 5.36. The first kappa shape index (κ1) is 15.5. The van der Waals surface area contributed by atoms with Gasteiger partial charge >= 0.3 is 0 Å². The van der Waals surface area contributed by atoms with E-state index in [9.17, 15) is 9.59 Å². The summed E-state index contributed by atoms with van der Waals surface area (Å²) in [5.41, 5.74) is 0. The van der Waals surface area contributed by atoms with Gasteiger partial charge in [-0.1, -0.05) is 48.7 Å². The van der Waals surface area contributed by atoms with Crippen molar-refractivity contribution in [1.29, 1.82) is 0 Å². The van der Waals surface area contributed by atoms with E-state index in [-0.39, 0.29) is 16.3 Å². The Morgan fingerprint density at radius 1 is 1.39 bits per heavy atom. The van der Waals surface area contributed by atoms with Gasteiger partial charge in [-0.25, -0.2) is 0 Å². The van der Waals surface area contributed by atoms with Crippen LogP contribution in [0.3, 0.4) is 0 Å². The van der Waals surface area contributed by atoms with Crippen molar-refractivity contribution in [2.45, 2.75) is 36.8 Å². The molecule has 0 bridgehead atoms. The van der Waals surface area contributed by atoms with Crippen molar-refractivity contribution in [3.8, 4) is 0 Å². The van der Waals surface area contributed by atoms with Gasteiger partial charge in [-0.3, -0.25) is 14.9 Å². The highest BCUT2D eigenvalue weighted by Crippen LogP contribution is 2.26. The average molecular weight is 305 g/mol. The van der Waals surface area contributed by atoms with Crippen LogP contribution in [0.25, 0.3) is 0 Å². The normalized spacial score (nSPS) is 12.2. The molecule has 0 aliphatic carbocycles. The molecule has 1 aromatic heterocycles. The summed E-state index contributed by atoms with van der Waals surface area (Å²) >= 11 is 3.97. The third-order valence-electron chi connectivity index (χ3n) is 1.88. The van der Waals surface area contributed by atoms with Crippen molar-refractivity contribution in [1.82, 2.24) is 10.2 Å². The second-order valence-electron chi connectivity index (χ2n) is 3.30. The number of hydrogen-bond donors (Lipinski definition) is 1. The standard InChI is InChI=1S/C10H15N3O2S3/c1-4-7(17-6(3)14)8(15)11-9-12-13-10(18-9)16-5-2/h7H,4-5H2,1-3H3,(H,11,12,15). The fourth-order valence-corrected chi connectivity index (χ4v) is 3.54. The maximum atomic E-state index is 11.9. The molecule has 0 aliphatic heterocycles. The maximum Gasteiger partial charge on any atom is 0.239 e. The second kappa shape index (κ2) is 7.75. The summed E-state index contributed by atoms with van der Waals surface area (Å²) < 4.78 is 0.833. The smallest absolute Gasteiger partial charge is 0.239 e. The van der Waals surface area contributed by atoms with Gasteiger partial charge < -0.3 is 0 Å². The summed E-state index contributed by atoms with van der Waals surface area (Å²) in [7, 11) is 0. The zero-order chi connectivity index (χ0) is 13.5. The number of carbonyl (C=O) groups excluding carboxylic acids is 2. The van der Waals surface area contributed by atoms with Gasteiger partial charge in [0.1, 0.15) is 0 Å². The molecular formula is C10H15N3O2S3. The van der Waals surface area contributed by atoms with Crippen molar-refractivity contribution in [3.63, 3.8) is 0 Å². The van der Waals surface area contributed by atoms with Gasteiger partial charge in [0.05, 0.1) is 5.25 Å². The molecule has 8 heteroatoms. The number of nitrogens with one attached hydrogen (secondary N) is 1. The fourth-order valence-electron chi connectivity index (χ4n) is 1.15. The Balaban J connectivity index is 2.58. The summed E-state index contributed by atoms with van der Waals surface area (Å²) in [6.07, 6.45) is 0.603. The maximum absolute atomic E-state index is 11.9. The van der Waals surface area contributed by atoms with E-state index in [0.717, 1.165) is 21.9 Å². The molecule has 1 rings (SSSR count). The van der Waals surface area contributed by atoms with Crippen LogP contribution in [-0.4, -0.2) is 32.2 Å². The molecule has 18 heavy (non-hydrogen) atoms. The molecule has 0 fully saturated rings. The highest BCUT2D eigenvalue weighted by atomic mass is 32.2. The van der Waals surface area contributed by atoms with Crippen LogP contribution >= 0.6 is 34.9 Å². The quantitative estimate of drug-likeness (QED) is 0.643. The second-order valence-corrected chi connectivity index (χ2v) is 7.17. The molecule has 1 heterocycles. The Morgan fingerprint density at radius 3 is 2.67 bits per heavy atom. The average Bonchev–Trinajstić information content (AvgIpc) is 2.73. The molecule has 0 spiro atoms. The minimum absolute atomic E-state index is 0.0588. The summed E-state index contributed by atoms with van der Waals surface area (Å²) in [5.74, 6) is 0.724. The van der Waals surface area contributed by atoms with Crippen LogP contribution in [0.5, 0.6) is 0 Å². The van der Waals surface area contributed by atoms with E-state index in [2.05, 4.69) is 15.5 Å². The van der Waals surface area contributed by atoms with Crippen LogP contribution in [0.4, 0.5) is 5.13 Å². The van der Waals surface area contributed by atoms with E-state index >= 15 is 0 Å². The monoisotopic (exact) mass is 305 g/mol. The van der Waals surface area contributed by atoms with Crippen LogP contribution in [0.1, 0.15) is 27.2 Å². The minimum atomic E-state index is -0.367. The van der Waals surface area contributed by atoms with E-state index in [0.29, 0.717) is 11.6 Å². The lowest BCUT2D eigenvalue weighted by Gasteiger charge is -2.10. The van der Waals surface area contributed by atoms with Crippen LogP contribution in [0.2, 0.25) is 0 Å². The predicted molar refractivity (Wildman–Crippen MR) is 77.3 cm³/mol. The largest absolute Gasteiger partial charge is 0.300 e. The lowest BCUT2D eigenvalue weighted by atomic mass is 10.3. The third kappa shape index (κ3) is 4.95. The zero-order valence-corrected chi connectivity index (χ0v) is 12.9. The van der Waals surface area contributed by atoms with Crippen molar-refractivity contribution >= 4 is 51.0 Å². The number of amides is 1. The number of hydrogen-bond acceptors (Lipinski definition) is 7. The van der Waals surface area contributed by atoms with Gasteiger partial charge in [0.2, 0.25) is 11.0 Å². The molecule has 1 unspecified atom stereocenters. The Morgan fingerprint density at radius 2 is 2.11 bits per heavy atom. The van der Waals surface area contributed by atoms with Gasteiger partial charge in [0.15, 0.2) is 9.45 Å². The molecule has 0 aliphatic rings. The Labute approximate surface area is 119 Å². The van der Waals surface area contributed by atoms with E-state index in [1.54, 1.807) is 11.8 Å². The summed E-state index contributed by atoms with van der Waals surface area (Å²) in [4.78, 5) is 22.9. The first-order valence-electron chi connectivity index (χ1n) is 5.51. The van der Waals surface area contributed by atoms with Crippen LogP contribution in [0.15, 0.2) is 4.34 Å². The molecule has 1 amide bonds. The molecule has 5 nitrogen and oxygen atoms in total. The van der Waals surface area contributed by atoms with E-state index < -0.39 is 0 Å². The van der Waals surface area contributed by atoms with Crippen LogP contribution < -0.4 is 5.32 Å². The van der Waals surface area contributed by atoms with E-state index in [1.807, 2.05) is 13.8 Å². The molecule has 0 saturated heterocycles. The van der Waals surface area contributed by atoms with Crippen molar-refractivity contribution in [2.24, 2.45) is 0 Å². The zero-order valence-electron chi connectivity index (χ0n) is 10.4. The number of nitrogens with zero attached hydrogens (tertiary/aromatic N) is 2.